The molecule has 0 bridgehead atoms. The van der Waals surface area contributed by atoms with Crippen LogP contribution in [-0.2, 0) is 6.42 Å². The molecule has 1 heterocycles. The van der Waals surface area contributed by atoms with E-state index < -0.39 is 0 Å². The van der Waals surface area contributed by atoms with Crippen LogP contribution in [0.25, 0.3) is 11.3 Å². The zero-order valence-electron chi connectivity index (χ0n) is 21.7. The van der Waals surface area contributed by atoms with E-state index in [4.69, 9.17) is 4.98 Å². The van der Waals surface area contributed by atoms with Crippen LogP contribution >= 0.6 is 0 Å². The summed E-state index contributed by atoms with van der Waals surface area (Å²) in [7, 11) is 0. The summed E-state index contributed by atoms with van der Waals surface area (Å²) in [5, 5.41) is 0. The van der Waals surface area contributed by atoms with Crippen molar-refractivity contribution in [2.24, 2.45) is 5.92 Å². The van der Waals surface area contributed by atoms with Gasteiger partial charge in [-0.05, 0) is 67.6 Å². The first-order valence-corrected chi connectivity index (χ1v) is 14.4. The van der Waals surface area contributed by atoms with E-state index in [0.717, 1.165) is 24.0 Å². The Hall–Kier alpha value is -1.63. The van der Waals surface area contributed by atoms with E-state index in [1.165, 1.54) is 114 Å². The van der Waals surface area contributed by atoms with Gasteiger partial charge in [0.05, 0.1) is 5.69 Å². The van der Waals surface area contributed by atoms with Crippen LogP contribution in [-0.4, -0.2) is 4.98 Å². The SMILES string of the molecule is CCCCCCCCC1CCC(c2ccc(-c3ccc(CCCCCCC)cn3)cc2)CC1. The van der Waals surface area contributed by atoms with Crippen molar-refractivity contribution < 1.29 is 0 Å². The van der Waals surface area contributed by atoms with Crippen molar-refractivity contribution in [2.45, 2.75) is 129 Å². The Morgan fingerprint density at radius 1 is 0.667 bits per heavy atom. The fourth-order valence-electron chi connectivity index (χ4n) is 5.60. The van der Waals surface area contributed by atoms with Gasteiger partial charge in [-0.15, -0.1) is 0 Å². The van der Waals surface area contributed by atoms with Crippen molar-refractivity contribution >= 4 is 0 Å². The lowest BCUT2D eigenvalue weighted by Crippen LogP contribution is -2.13. The Bertz CT molecular complexity index is 737. The van der Waals surface area contributed by atoms with Gasteiger partial charge in [0, 0.05) is 11.8 Å². The summed E-state index contributed by atoms with van der Waals surface area (Å²) in [4.78, 5) is 4.77. The lowest BCUT2D eigenvalue weighted by Gasteiger charge is -2.29. The third-order valence-corrected chi connectivity index (χ3v) is 7.88. The molecule has 0 atom stereocenters. The number of hydrogen-bond acceptors (Lipinski definition) is 1. The Morgan fingerprint density at radius 3 is 1.94 bits per heavy atom. The average Bonchev–Trinajstić information content (AvgIpc) is 2.87. The van der Waals surface area contributed by atoms with E-state index >= 15 is 0 Å². The minimum atomic E-state index is 0.767. The number of aromatic nitrogens is 1. The summed E-state index contributed by atoms with van der Waals surface area (Å²) in [5.41, 5.74) is 5.29. The Balaban J connectivity index is 1.39. The molecule has 0 aliphatic heterocycles. The van der Waals surface area contributed by atoms with E-state index in [9.17, 15) is 0 Å². The summed E-state index contributed by atoms with van der Waals surface area (Å²) in [5.74, 6) is 1.75. The average molecular weight is 448 g/mol. The van der Waals surface area contributed by atoms with Gasteiger partial charge in [-0.1, -0.05) is 115 Å². The van der Waals surface area contributed by atoms with Crippen LogP contribution in [0, 0.1) is 5.92 Å². The number of nitrogens with zero attached hydrogens (tertiary/aromatic N) is 1. The second-order valence-electron chi connectivity index (χ2n) is 10.6. The van der Waals surface area contributed by atoms with E-state index in [1.54, 1.807) is 5.56 Å². The second-order valence-corrected chi connectivity index (χ2v) is 10.6. The highest BCUT2D eigenvalue weighted by molar-refractivity contribution is 5.59. The summed E-state index contributed by atoms with van der Waals surface area (Å²) >= 11 is 0. The third-order valence-electron chi connectivity index (χ3n) is 7.88. The van der Waals surface area contributed by atoms with Crippen molar-refractivity contribution in [1.29, 1.82) is 0 Å². The summed E-state index contributed by atoms with van der Waals surface area (Å²) in [6.07, 6.45) is 25.6. The molecule has 1 saturated carbocycles. The molecular weight excluding hydrogens is 398 g/mol. The van der Waals surface area contributed by atoms with Crippen molar-refractivity contribution in [1.82, 2.24) is 4.98 Å². The van der Waals surface area contributed by atoms with Crippen LogP contribution in [0.2, 0.25) is 0 Å². The summed E-state index contributed by atoms with van der Waals surface area (Å²) in [6, 6.07) is 13.8. The number of unbranched alkanes of at least 4 members (excludes halogenated alkanes) is 9. The van der Waals surface area contributed by atoms with Crippen LogP contribution in [0.5, 0.6) is 0 Å². The van der Waals surface area contributed by atoms with E-state index in [-0.39, 0.29) is 0 Å². The molecule has 0 saturated heterocycles. The molecule has 0 amide bonds. The molecule has 1 fully saturated rings. The molecule has 1 aromatic carbocycles. The molecule has 2 aromatic rings. The highest BCUT2D eigenvalue weighted by Crippen LogP contribution is 2.38. The largest absolute Gasteiger partial charge is 0.256 e. The molecule has 0 N–H and O–H groups in total. The van der Waals surface area contributed by atoms with Gasteiger partial charge in [0.25, 0.3) is 0 Å². The van der Waals surface area contributed by atoms with Crippen LogP contribution in [0.3, 0.4) is 0 Å². The van der Waals surface area contributed by atoms with E-state index in [2.05, 4.69) is 56.4 Å². The van der Waals surface area contributed by atoms with Gasteiger partial charge in [-0.25, -0.2) is 0 Å². The lowest BCUT2D eigenvalue weighted by molar-refractivity contribution is 0.302. The predicted molar refractivity (Wildman–Crippen MR) is 145 cm³/mol. The standard InChI is InChI=1S/C32H49N/c1-3-5-7-9-11-12-14-27-16-19-29(20-17-27)30-21-23-31(24-22-30)32-25-18-28(26-33-32)15-13-10-8-6-4-2/h18,21-27,29H,3-17,19-20H2,1-2H3. The molecule has 1 nitrogen and oxygen atoms in total. The smallest absolute Gasteiger partial charge is 0.0702 e. The van der Waals surface area contributed by atoms with Crippen molar-refractivity contribution in [3.05, 3.63) is 53.7 Å². The van der Waals surface area contributed by atoms with E-state index in [1.807, 2.05) is 0 Å². The first kappa shape index (κ1) is 26.0. The first-order chi connectivity index (χ1) is 16.3. The first-order valence-electron chi connectivity index (χ1n) is 14.4. The molecule has 1 aliphatic carbocycles. The van der Waals surface area contributed by atoms with Gasteiger partial charge in [0.2, 0.25) is 0 Å². The third kappa shape index (κ3) is 9.26. The van der Waals surface area contributed by atoms with Crippen molar-refractivity contribution in [2.75, 3.05) is 0 Å². The Kier molecular flexibility index (Phi) is 12.1. The van der Waals surface area contributed by atoms with Crippen molar-refractivity contribution in [3.8, 4) is 11.3 Å². The van der Waals surface area contributed by atoms with Crippen LogP contribution in [0.1, 0.15) is 134 Å². The lowest BCUT2D eigenvalue weighted by atomic mass is 9.77. The number of pyridine rings is 1. The highest BCUT2D eigenvalue weighted by atomic mass is 14.7. The minimum Gasteiger partial charge on any atom is -0.256 e. The Morgan fingerprint density at radius 2 is 1.30 bits per heavy atom. The predicted octanol–water partition coefficient (Wildman–Crippen LogP) is 10.3. The van der Waals surface area contributed by atoms with Crippen LogP contribution in [0.15, 0.2) is 42.6 Å². The molecule has 1 aliphatic rings. The van der Waals surface area contributed by atoms with Gasteiger partial charge < -0.3 is 0 Å². The van der Waals surface area contributed by atoms with Crippen LogP contribution < -0.4 is 0 Å². The molecule has 33 heavy (non-hydrogen) atoms. The van der Waals surface area contributed by atoms with Gasteiger partial charge in [0.1, 0.15) is 0 Å². The maximum Gasteiger partial charge on any atom is 0.0702 e. The van der Waals surface area contributed by atoms with Gasteiger partial charge in [0.15, 0.2) is 0 Å². The fourth-order valence-corrected chi connectivity index (χ4v) is 5.60. The zero-order chi connectivity index (χ0) is 23.1. The molecule has 3 rings (SSSR count). The van der Waals surface area contributed by atoms with Gasteiger partial charge in [-0.3, -0.25) is 4.98 Å². The number of aryl methyl sites for hydroxylation is 1. The summed E-state index contributed by atoms with van der Waals surface area (Å²) < 4.78 is 0. The normalized spacial score (nSPS) is 18.5. The van der Waals surface area contributed by atoms with E-state index in [0.29, 0.717) is 0 Å². The molecule has 0 spiro atoms. The molecule has 182 valence electrons. The molecular formula is C32H49N. The monoisotopic (exact) mass is 447 g/mol. The maximum absolute atomic E-state index is 4.77. The van der Waals surface area contributed by atoms with Gasteiger partial charge in [-0.2, -0.15) is 0 Å². The number of benzene rings is 1. The molecule has 0 radical (unpaired) electrons. The number of rotatable bonds is 15. The zero-order valence-corrected chi connectivity index (χ0v) is 21.7. The fraction of sp³-hybridized carbons (Fsp3) is 0.656. The van der Waals surface area contributed by atoms with Crippen LogP contribution in [0.4, 0.5) is 0 Å². The molecule has 1 heteroatoms. The summed E-state index contributed by atoms with van der Waals surface area (Å²) in [6.45, 7) is 4.58. The van der Waals surface area contributed by atoms with Gasteiger partial charge >= 0.3 is 0 Å². The molecule has 0 unspecified atom stereocenters. The highest BCUT2D eigenvalue weighted by Gasteiger charge is 2.22. The number of hydrogen-bond donors (Lipinski definition) is 0. The maximum atomic E-state index is 4.77. The quantitative estimate of drug-likeness (QED) is 0.247. The topological polar surface area (TPSA) is 12.9 Å². The second kappa shape index (κ2) is 15.3. The van der Waals surface area contributed by atoms with Crippen molar-refractivity contribution in [3.63, 3.8) is 0 Å². The molecule has 1 aromatic heterocycles. The minimum absolute atomic E-state index is 0.767. The Labute approximate surface area is 204 Å².